The van der Waals surface area contributed by atoms with Crippen molar-refractivity contribution in [1.29, 1.82) is 0 Å². The molecular formula is C10H13NO2. The Morgan fingerprint density at radius 2 is 2.00 bits per heavy atom. The van der Waals surface area contributed by atoms with Gasteiger partial charge in [-0.05, 0) is 0 Å². The van der Waals surface area contributed by atoms with Crippen molar-refractivity contribution in [2.45, 2.75) is 0 Å². The Kier molecular flexibility index (Phi) is 5.97. The number of amides is 1. The summed E-state index contributed by atoms with van der Waals surface area (Å²) in [5.74, 6) is -0.0880. The molecule has 0 fully saturated rings. The van der Waals surface area contributed by atoms with Crippen LogP contribution in [-0.2, 0) is 9.53 Å². The van der Waals surface area contributed by atoms with Crippen LogP contribution in [0.1, 0.15) is 0 Å². The van der Waals surface area contributed by atoms with Crippen LogP contribution in [0.4, 0.5) is 0 Å². The van der Waals surface area contributed by atoms with Gasteiger partial charge in [0.05, 0.1) is 18.4 Å². The van der Waals surface area contributed by atoms with E-state index in [2.05, 4.69) is 29.8 Å². The maximum absolute atomic E-state index is 10.6. The molecule has 70 valence electrons. The molecule has 3 heteroatoms. The molecular weight excluding hydrogens is 166 g/mol. The van der Waals surface area contributed by atoms with Crippen molar-refractivity contribution in [1.82, 2.24) is 5.32 Å². The molecule has 1 heterocycles. The second kappa shape index (κ2) is 6.91. The van der Waals surface area contributed by atoms with Gasteiger partial charge in [0.15, 0.2) is 0 Å². The summed E-state index contributed by atoms with van der Waals surface area (Å²) in [7, 11) is 0. The normalized spacial score (nSPS) is 17.8. The Hall–Kier alpha value is -1.77. The first-order chi connectivity index (χ1) is 6.26. The third kappa shape index (κ3) is 4.63. The minimum atomic E-state index is -0.102. The van der Waals surface area contributed by atoms with Crippen LogP contribution in [0.15, 0.2) is 50.6 Å². The van der Waals surface area contributed by atoms with Gasteiger partial charge in [0, 0.05) is 6.20 Å². The van der Waals surface area contributed by atoms with E-state index in [1.54, 1.807) is 18.4 Å². The van der Waals surface area contributed by atoms with E-state index >= 15 is 0 Å². The molecule has 0 aromatic carbocycles. The highest BCUT2D eigenvalue weighted by molar-refractivity contribution is 5.85. The van der Waals surface area contributed by atoms with Gasteiger partial charge in [-0.15, -0.1) is 6.58 Å². The molecule has 3 nitrogen and oxygen atoms in total. The summed E-state index contributed by atoms with van der Waals surface area (Å²) in [6.07, 6.45) is 7.64. The molecule has 0 saturated heterocycles. The maximum Gasteiger partial charge on any atom is 0.234 e. The average Bonchev–Trinajstić information content (AvgIpc) is 2.53. The van der Waals surface area contributed by atoms with Crippen LogP contribution in [-0.4, -0.2) is 5.91 Å². The zero-order chi connectivity index (χ0) is 10.1. The summed E-state index contributed by atoms with van der Waals surface area (Å²) in [5, 5.41) is 2.53. The molecule has 1 rings (SSSR count). The highest BCUT2D eigenvalue weighted by atomic mass is 16.5. The predicted octanol–water partition coefficient (Wildman–Crippen LogP) is 1.72. The van der Waals surface area contributed by atoms with Crippen molar-refractivity contribution < 1.29 is 9.53 Å². The lowest BCUT2D eigenvalue weighted by atomic mass is 10.2. The number of carbonyl (C=O) groups excluding carboxylic acids is 1. The lowest BCUT2D eigenvalue weighted by molar-refractivity contribution is -0.120. The number of hydrogen-bond donors (Lipinski definition) is 1. The minimum Gasteiger partial charge on any atom is -0.474 e. The molecule has 1 aliphatic rings. The van der Waals surface area contributed by atoms with Gasteiger partial charge in [-0.25, -0.2) is 0 Å². The molecule has 1 N–H and O–H groups in total. The van der Waals surface area contributed by atoms with Crippen molar-refractivity contribution >= 4 is 5.91 Å². The largest absolute Gasteiger partial charge is 0.474 e. The first kappa shape index (κ1) is 11.2. The van der Waals surface area contributed by atoms with Gasteiger partial charge < -0.3 is 10.1 Å². The van der Waals surface area contributed by atoms with Crippen molar-refractivity contribution in [2.24, 2.45) is 5.92 Å². The number of hydrogen-bond acceptors (Lipinski definition) is 2. The summed E-state index contributed by atoms with van der Waals surface area (Å²) in [4.78, 5) is 10.6. The molecule has 13 heavy (non-hydrogen) atoms. The van der Waals surface area contributed by atoms with Gasteiger partial charge in [-0.2, -0.15) is 0 Å². The van der Waals surface area contributed by atoms with Crippen molar-refractivity contribution in [3.8, 4) is 0 Å². The first-order valence-electron chi connectivity index (χ1n) is 3.73. The molecule has 1 unspecified atom stereocenters. The molecule has 1 atom stereocenters. The molecule has 0 aromatic heterocycles. The summed E-state index contributed by atoms with van der Waals surface area (Å²) in [6.45, 7) is 9.99. The van der Waals surface area contributed by atoms with E-state index in [-0.39, 0.29) is 11.8 Å². The van der Waals surface area contributed by atoms with E-state index in [4.69, 9.17) is 0 Å². The van der Waals surface area contributed by atoms with Gasteiger partial charge in [-0.1, -0.05) is 25.3 Å². The second-order valence-corrected chi connectivity index (χ2v) is 2.10. The third-order valence-corrected chi connectivity index (χ3v) is 1.28. The third-order valence-electron chi connectivity index (χ3n) is 1.28. The van der Waals surface area contributed by atoms with Gasteiger partial charge in [0.1, 0.15) is 0 Å². The lowest BCUT2D eigenvalue weighted by Crippen LogP contribution is -2.16. The van der Waals surface area contributed by atoms with E-state index < -0.39 is 0 Å². The average molecular weight is 179 g/mol. The van der Waals surface area contributed by atoms with E-state index in [0.29, 0.717) is 0 Å². The van der Waals surface area contributed by atoms with Crippen LogP contribution < -0.4 is 5.32 Å². The fourth-order valence-electron chi connectivity index (χ4n) is 0.671. The van der Waals surface area contributed by atoms with E-state index in [9.17, 15) is 4.79 Å². The number of nitrogens with one attached hydrogen (secondary N) is 1. The Bertz CT molecular complexity index is 225. The topological polar surface area (TPSA) is 38.3 Å². The zero-order valence-corrected chi connectivity index (χ0v) is 7.40. The molecule has 0 spiro atoms. The van der Waals surface area contributed by atoms with Crippen LogP contribution in [0.5, 0.6) is 0 Å². The highest BCUT2D eigenvalue weighted by Crippen LogP contribution is 2.04. The molecule has 0 aromatic rings. The van der Waals surface area contributed by atoms with Crippen LogP contribution in [0.2, 0.25) is 0 Å². The molecule has 0 saturated carbocycles. The van der Waals surface area contributed by atoms with Crippen molar-refractivity contribution in [3.63, 3.8) is 0 Å². The van der Waals surface area contributed by atoms with Gasteiger partial charge >= 0.3 is 0 Å². The quantitative estimate of drug-likeness (QED) is 0.529. The van der Waals surface area contributed by atoms with Crippen LogP contribution in [0, 0.1) is 5.92 Å². The molecule has 1 aliphatic heterocycles. The Labute approximate surface area is 78.1 Å². The lowest BCUT2D eigenvalue weighted by Gasteiger charge is -1.93. The predicted molar refractivity (Wildman–Crippen MR) is 52.4 cm³/mol. The van der Waals surface area contributed by atoms with Crippen LogP contribution in [0.25, 0.3) is 0 Å². The van der Waals surface area contributed by atoms with Crippen molar-refractivity contribution in [3.05, 3.63) is 50.6 Å². The summed E-state index contributed by atoms with van der Waals surface area (Å²) in [5.41, 5.74) is 0. The summed E-state index contributed by atoms with van der Waals surface area (Å²) >= 11 is 0. The van der Waals surface area contributed by atoms with Gasteiger partial charge in [0.25, 0.3) is 0 Å². The number of carbonyl (C=O) groups is 1. The monoisotopic (exact) mass is 179 g/mol. The molecule has 0 radical (unpaired) electrons. The number of rotatable bonds is 3. The minimum absolute atomic E-state index is 0.0139. The van der Waals surface area contributed by atoms with E-state index in [1.165, 1.54) is 12.5 Å². The van der Waals surface area contributed by atoms with Crippen molar-refractivity contribution in [2.75, 3.05) is 0 Å². The highest BCUT2D eigenvalue weighted by Gasteiger charge is 2.13. The smallest absolute Gasteiger partial charge is 0.234 e. The van der Waals surface area contributed by atoms with Gasteiger partial charge in [-0.3, -0.25) is 4.79 Å². The second-order valence-electron chi connectivity index (χ2n) is 2.10. The van der Waals surface area contributed by atoms with E-state index in [1.807, 2.05) is 0 Å². The van der Waals surface area contributed by atoms with Crippen LogP contribution in [0.3, 0.4) is 0 Å². The summed E-state index contributed by atoms with van der Waals surface area (Å²) < 4.78 is 4.36. The Balaban J connectivity index is 0.000000252. The van der Waals surface area contributed by atoms with Gasteiger partial charge in [0.2, 0.25) is 5.91 Å². The standard InChI is InChI=1S/C6H7NO.C4H6O/c1-2-5-3-4-7-6(5)8;1-3-5-4-2/h2-5H,1H2,(H,7,8);3-4H,1-2H2. The zero-order valence-electron chi connectivity index (χ0n) is 7.40. The van der Waals surface area contributed by atoms with Crippen LogP contribution >= 0.6 is 0 Å². The van der Waals surface area contributed by atoms with E-state index in [0.717, 1.165) is 0 Å². The molecule has 1 amide bonds. The number of ether oxygens (including phenoxy) is 1. The fourth-order valence-corrected chi connectivity index (χ4v) is 0.671. The Morgan fingerprint density at radius 1 is 1.38 bits per heavy atom. The SMILES string of the molecule is C=CC1C=CNC1=O.C=COC=C. The first-order valence-corrected chi connectivity index (χ1v) is 3.73. The molecule has 0 bridgehead atoms. The fraction of sp³-hybridized carbons (Fsp3) is 0.100. The summed E-state index contributed by atoms with van der Waals surface area (Å²) in [6, 6.07) is 0. The molecule has 0 aliphatic carbocycles. The maximum atomic E-state index is 10.6. The Morgan fingerprint density at radius 3 is 2.15 bits per heavy atom.